The summed E-state index contributed by atoms with van der Waals surface area (Å²) in [6.07, 6.45) is -1.90. The highest BCUT2D eigenvalue weighted by Gasteiger charge is 2.24. The van der Waals surface area contributed by atoms with Gasteiger partial charge < -0.3 is 31.7 Å². The van der Waals surface area contributed by atoms with Crippen LogP contribution < -0.4 is 16.4 Å². The fourth-order valence-corrected chi connectivity index (χ4v) is 1.12. The van der Waals surface area contributed by atoms with Crippen molar-refractivity contribution in [3.8, 4) is 0 Å². The summed E-state index contributed by atoms with van der Waals surface area (Å²) in [7, 11) is 0. The van der Waals surface area contributed by atoms with Gasteiger partial charge in [-0.2, -0.15) is 0 Å². The molecule has 0 bridgehead atoms. The Labute approximate surface area is 113 Å². The fraction of sp³-hybridized carbons (Fsp3) is 0.600. The highest BCUT2D eigenvalue weighted by molar-refractivity contribution is 5.90. The second-order valence-corrected chi connectivity index (χ2v) is 4.04. The van der Waals surface area contributed by atoms with Crippen molar-refractivity contribution in [2.24, 2.45) is 5.73 Å². The number of carbonyl (C=O) groups excluding carboxylic acids is 2. The van der Waals surface area contributed by atoms with Crippen LogP contribution in [0, 0.1) is 0 Å². The van der Waals surface area contributed by atoms with Crippen molar-refractivity contribution in [1.82, 2.24) is 10.6 Å². The van der Waals surface area contributed by atoms with Gasteiger partial charge >= 0.3 is 11.9 Å². The molecule has 7 N–H and O–H groups in total. The minimum Gasteiger partial charge on any atom is -0.481 e. The average molecular weight is 291 g/mol. The molecule has 0 radical (unpaired) electrons. The highest BCUT2D eigenvalue weighted by Crippen LogP contribution is 1.93. The number of nitrogens with one attached hydrogen (secondary N) is 2. The lowest BCUT2D eigenvalue weighted by atomic mass is 10.2. The number of carboxylic acid groups (broad SMARTS) is 2. The maximum absolute atomic E-state index is 11.4. The van der Waals surface area contributed by atoms with Gasteiger partial charge in [0.05, 0.1) is 19.1 Å². The first-order valence-electron chi connectivity index (χ1n) is 5.60. The molecular formula is C10H17N3O7. The Bertz CT molecular complexity index is 396. The number of rotatable bonds is 8. The van der Waals surface area contributed by atoms with Gasteiger partial charge in [0.2, 0.25) is 11.8 Å². The number of aliphatic hydroxyl groups excluding tert-OH is 1. The van der Waals surface area contributed by atoms with Gasteiger partial charge in [0.25, 0.3) is 0 Å². The Morgan fingerprint density at radius 1 is 1.20 bits per heavy atom. The zero-order valence-electron chi connectivity index (χ0n) is 10.7. The van der Waals surface area contributed by atoms with E-state index >= 15 is 0 Å². The predicted octanol–water partition coefficient (Wildman–Crippen LogP) is -3.15. The quantitative estimate of drug-likeness (QED) is 0.271. The smallest absolute Gasteiger partial charge is 0.326 e. The summed E-state index contributed by atoms with van der Waals surface area (Å²) in [5.41, 5.74) is 5.30. The van der Waals surface area contributed by atoms with Crippen molar-refractivity contribution < 1.29 is 34.5 Å². The summed E-state index contributed by atoms with van der Waals surface area (Å²) >= 11 is 0. The lowest BCUT2D eigenvalue weighted by Gasteiger charge is -2.16. The van der Waals surface area contributed by atoms with Gasteiger partial charge in [0.15, 0.2) is 0 Å². The number of hydrogen-bond donors (Lipinski definition) is 6. The second-order valence-electron chi connectivity index (χ2n) is 4.04. The summed E-state index contributed by atoms with van der Waals surface area (Å²) < 4.78 is 0. The molecule has 0 spiro atoms. The molecule has 0 aromatic rings. The molecule has 3 unspecified atom stereocenters. The minimum atomic E-state index is -1.60. The molecule has 0 aliphatic carbocycles. The van der Waals surface area contributed by atoms with E-state index in [0.29, 0.717) is 0 Å². The predicted molar refractivity (Wildman–Crippen MR) is 64.5 cm³/mol. The van der Waals surface area contributed by atoms with Crippen LogP contribution in [0.3, 0.4) is 0 Å². The molecule has 0 fully saturated rings. The standard InChI is InChI=1S/C10H17N3O7/c1-4(14)8(11)9(18)12-3-6(15)13-5(10(19)20)2-7(16)17/h4-5,8,14H,2-3,11H2,1H3,(H,12,18)(H,13,15)(H,16,17)(H,19,20). The van der Waals surface area contributed by atoms with E-state index in [-0.39, 0.29) is 0 Å². The Morgan fingerprint density at radius 3 is 2.15 bits per heavy atom. The number of carbonyl (C=O) groups is 4. The van der Waals surface area contributed by atoms with Crippen LogP contribution in [-0.4, -0.2) is 63.8 Å². The van der Waals surface area contributed by atoms with Gasteiger partial charge in [-0.15, -0.1) is 0 Å². The van der Waals surface area contributed by atoms with Crippen molar-refractivity contribution >= 4 is 23.8 Å². The van der Waals surface area contributed by atoms with E-state index in [1.54, 1.807) is 0 Å². The van der Waals surface area contributed by atoms with Crippen molar-refractivity contribution in [1.29, 1.82) is 0 Å². The molecule has 0 rings (SSSR count). The number of carboxylic acids is 2. The van der Waals surface area contributed by atoms with Gasteiger partial charge in [-0.25, -0.2) is 4.79 Å². The van der Waals surface area contributed by atoms with E-state index in [1.807, 2.05) is 5.32 Å². The monoisotopic (exact) mass is 291 g/mol. The van der Waals surface area contributed by atoms with Crippen LogP contribution in [0.5, 0.6) is 0 Å². The maximum atomic E-state index is 11.4. The van der Waals surface area contributed by atoms with Gasteiger partial charge in [0.1, 0.15) is 12.1 Å². The topological polar surface area (TPSA) is 179 Å². The lowest BCUT2D eigenvalue weighted by molar-refractivity contribution is -0.147. The first-order chi connectivity index (χ1) is 9.15. The zero-order chi connectivity index (χ0) is 15.9. The fourth-order valence-electron chi connectivity index (χ4n) is 1.12. The second kappa shape index (κ2) is 8.07. The molecule has 10 nitrogen and oxygen atoms in total. The third-order valence-corrected chi connectivity index (χ3v) is 2.26. The third kappa shape index (κ3) is 6.66. The SMILES string of the molecule is CC(O)C(N)C(=O)NCC(=O)NC(CC(=O)O)C(=O)O. The number of amides is 2. The molecule has 3 atom stereocenters. The van der Waals surface area contributed by atoms with Crippen molar-refractivity contribution in [3.63, 3.8) is 0 Å². The molecule has 0 aromatic carbocycles. The van der Waals surface area contributed by atoms with Crippen LogP contribution in [0.15, 0.2) is 0 Å². The van der Waals surface area contributed by atoms with Crippen LogP contribution in [0.4, 0.5) is 0 Å². The first kappa shape index (κ1) is 17.8. The summed E-state index contributed by atoms with van der Waals surface area (Å²) in [5.74, 6) is -4.57. The zero-order valence-corrected chi connectivity index (χ0v) is 10.7. The maximum Gasteiger partial charge on any atom is 0.326 e. The van der Waals surface area contributed by atoms with Gasteiger partial charge in [-0.05, 0) is 6.92 Å². The molecule has 0 aromatic heterocycles. The number of nitrogens with two attached hydrogens (primary N) is 1. The Kier molecular flexibility index (Phi) is 7.18. The summed E-state index contributed by atoms with van der Waals surface area (Å²) in [6.45, 7) is 0.709. The molecule has 0 aliphatic rings. The Hall–Kier alpha value is -2.20. The van der Waals surface area contributed by atoms with Gasteiger partial charge in [0, 0.05) is 0 Å². The third-order valence-electron chi connectivity index (χ3n) is 2.26. The Balaban J connectivity index is 4.30. The highest BCUT2D eigenvalue weighted by atomic mass is 16.4. The summed E-state index contributed by atoms with van der Waals surface area (Å²) in [5, 5.41) is 30.2. The van der Waals surface area contributed by atoms with Crippen molar-refractivity contribution in [2.45, 2.75) is 31.5 Å². The van der Waals surface area contributed by atoms with E-state index in [1.165, 1.54) is 6.92 Å². The molecule has 2 amide bonds. The number of aliphatic hydroxyl groups is 1. The van der Waals surface area contributed by atoms with Crippen LogP contribution in [0.25, 0.3) is 0 Å². The van der Waals surface area contributed by atoms with E-state index < -0.39 is 54.9 Å². The summed E-state index contributed by atoms with van der Waals surface area (Å²) in [4.78, 5) is 43.7. The van der Waals surface area contributed by atoms with Crippen LogP contribution in [-0.2, 0) is 19.2 Å². The Morgan fingerprint density at radius 2 is 1.75 bits per heavy atom. The largest absolute Gasteiger partial charge is 0.481 e. The molecular weight excluding hydrogens is 274 g/mol. The van der Waals surface area contributed by atoms with Crippen LogP contribution in [0.1, 0.15) is 13.3 Å². The van der Waals surface area contributed by atoms with E-state index in [2.05, 4.69) is 5.32 Å². The number of aliphatic carboxylic acids is 2. The molecule has 0 saturated heterocycles. The van der Waals surface area contributed by atoms with Gasteiger partial charge in [-0.1, -0.05) is 0 Å². The average Bonchev–Trinajstić information content (AvgIpc) is 2.33. The molecule has 0 aliphatic heterocycles. The molecule has 0 heterocycles. The molecule has 114 valence electrons. The van der Waals surface area contributed by atoms with E-state index in [4.69, 9.17) is 21.1 Å². The van der Waals surface area contributed by atoms with Crippen molar-refractivity contribution in [3.05, 3.63) is 0 Å². The molecule has 10 heteroatoms. The lowest BCUT2D eigenvalue weighted by Crippen LogP contribution is -2.51. The van der Waals surface area contributed by atoms with Crippen LogP contribution >= 0.6 is 0 Å². The first-order valence-corrected chi connectivity index (χ1v) is 5.60. The van der Waals surface area contributed by atoms with E-state index in [9.17, 15) is 19.2 Å². The summed E-state index contributed by atoms with van der Waals surface area (Å²) in [6, 6.07) is -2.82. The molecule has 20 heavy (non-hydrogen) atoms. The minimum absolute atomic E-state index is 0.581. The van der Waals surface area contributed by atoms with Gasteiger partial charge in [-0.3, -0.25) is 14.4 Å². The normalized spacial score (nSPS) is 14.8. The van der Waals surface area contributed by atoms with Crippen LogP contribution in [0.2, 0.25) is 0 Å². The van der Waals surface area contributed by atoms with Crippen molar-refractivity contribution in [2.75, 3.05) is 6.54 Å². The van der Waals surface area contributed by atoms with E-state index in [0.717, 1.165) is 0 Å². The molecule has 0 saturated carbocycles. The number of hydrogen-bond acceptors (Lipinski definition) is 6.